The van der Waals surface area contributed by atoms with E-state index in [0.717, 1.165) is 0 Å². The van der Waals surface area contributed by atoms with Gasteiger partial charge in [-0.1, -0.05) is 30.7 Å². The maximum absolute atomic E-state index is 11.7. The zero-order valence-electron chi connectivity index (χ0n) is 7.83. The summed E-state index contributed by atoms with van der Waals surface area (Å²) in [5, 5.41) is 9.24. The molecule has 1 aromatic carbocycles. The molecule has 3 heteroatoms. The second-order valence-corrected chi connectivity index (χ2v) is 3.40. The minimum Gasteiger partial charge on any atom is -0.293 e. The number of rotatable bonds is 3. The topological polar surface area (TPSA) is 40.9 Å². The maximum atomic E-state index is 11.7. The van der Waals surface area contributed by atoms with Crippen molar-refractivity contribution in [1.29, 1.82) is 5.26 Å². The summed E-state index contributed by atoms with van der Waals surface area (Å²) in [6.07, 6.45) is 0.530. The highest BCUT2D eigenvalue weighted by Crippen LogP contribution is 2.15. The fourth-order valence-electron chi connectivity index (χ4n) is 1.18. The molecule has 1 unspecified atom stereocenters. The Morgan fingerprint density at radius 1 is 1.64 bits per heavy atom. The van der Waals surface area contributed by atoms with Gasteiger partial charge in [0.05, 0.1) is 6.07 Å². The smallest absolute Gasteiger partial charge is 0.180 e. The van der Waals surface area contributed by atoms with E-state index in [4.69, 9.17) is 16.9 Å². The van der Waals surface area contributed by atoms with Crippen LogP contribution in [0.3, 0.4) is 0 Å². The van der Waals surface area contributed by atoms with Gasteiger partial charge >= 0.3 is 0 Å². The zero-order chi connectivity index (χ0) is 10.6. The van der Waals surface area contributed by atoms with E-state index in [9.17, 15) is 4.79 Å². The van der Waals surface area contributed by atoms with Crippen molar-refractivity contribution < 1.29 is 4.79 Å². The van der Waals surface area contributed by atoms with E-state index in [2.05, 4.69) is 0 Å². The SMILES string of the molecule is CCC(C#N)C(=O)c1cccc(Cl)c1. The first kappa shape index (κ1) is 10.7. The number of halogens is 1. The number of nitrogens with zero attached hydrogens (tertiary/aromatic N) is 1. The monoisotopic (exact) mass is 207 g/mol. The zero-order valence-corrected chi connectivity index (χ0v) is 8.58. The summed E-state index contributed by atoms with van der Waals surface area (Å²) in [5.41, 5.74) is 0.505. The normalized spacial score (nSPS) is 11.8. The standard InChI is InChI=1S/C11H10ClNO/c1-2-8(7-13)11(14)9-4-3-5-10(12)6-9/h3-6,8H,2H2,1H3. The Bertz CT molecular complexity index is 381. The lowest BCUT2D eigenvalue weighted by Crippen LogP contribution is -2.11. The molecule has 1 atom stereocenters. The van der Waals surface area contributed by atoms with Crippen LogP contribution in [0.4, 0.5) is 0 Å². The summed E-state index contributed by atoms with van der Waals surface area (Å²) < 4.78 is 0. The predicted molar refractivity (Wildman–Crippen MR) is 55.2 cm³/mol. The Balaban J connectivity index is 2.95. The summed E-state index contributed by atoms with van der Waals surface area (Å²) in [6.45, 7) is 1.82. The second kappa shape index (κ2) is 4.78. The van der Waals surface area contributed by atoms with E-state index in [1.807, 2.05) is 13.0 Å². The molecule has 2 nitrogen and oxygen atoms in total. The van der Waals surface area contributed by atoms with Gasteiger partial charge in [-0.2, -0.15) is 5.26 Å². The van der Waals surface area contributed by atoms with Crippen molar-refractivity contribution in [3.05, 3.63) is 34.9 Å². The molecule has 0 aliphatic carbocycles. The first-order valence-corrected chi connectivity index (χ1v) is 4.76. The molecular formula is C11H10ClNO. The minimum atomic E-state index is -0.562. The average Bonchev–Trinajstić information content (AvgIpc) is 2.19. The summed E-state index contributed by atoms with van der Waals surface area (Å²) in [5.74, 6) is -0.717. The molecule has 0 spiro atoms. The molecule has 0 aliphatic heterocycles. The van der Waals surface area contributed by atoms with Crippen molar-refractivity contribution in [1.82, 2.24) is 0 Å². The number of carbonyl (C=O) groups is 1. The lowest BCUT2D eigenvalue weighted by Gasteiger charge is -2.04. The fourth-order valence-corrected chi connectivity index (χ4v) is 1.37. The maximum Gasteiger partial charge on any atom is 0.180 e. The molecule has 0 amide bonds. The van der Waals surface area contributed by atoms with Crippen LogP contribution in [0.15, 0.2) is 24.3 Å². The summed E-state index contributed by atoms with van der Waals surface area (Å²) in [6, 6.07) is 8.65. The van der Waals surface area contributed by atoms with Crippen LogP contribution in [0.2, 0.25) is 5.02 Å². The molecular weight excluding hydrogens is 198 g/mol. The molecule has 0 aromatic heterocycles. The van der Waals surface area contributed by atoms with Crippen LogP contribution in [0.1, 0.15) is 23.7 Å². The fraction of sp³-hybridized carbons (Fsp3) is 0.273. The number of nitriles is 1. The lowest BCUT2D eigenvalue weighted by atomic mass is 9.97. The van der Waals surface area contributed by atoms with E-state index in [0.29, 0.717) is 17.0 Å². The van der Waals surface area contributed by atoms with Gasteiger partial charge < -0.3 is 0 Å². The van der Waals surface area contributed by atoms with Crippen LogP contribution in [-0.2, 0) is 0 Å². The molecule has 0 bridgehead atoms. The Morgan fingerprint density at radius 2 is 2.36 bits per heavy atom. The quantitative estimate of drug-likeness (QED) is 0.715. The van der Waals surface area contributed by atoms with Gasteiger partial charge in [-0.05, 0) is 18.6 Å². The van der Waals surface area contributed by atoms with Crippen LogP contribution in [0.25, 0.3) is 0 Å². The third kappa shape index (κ3) is 2.34. The van der Waals surface area contributed by atoms with E-state index in [1.165, 1.54) is 0 Å². The van der Waals surface area contributed by atoms with Crippen LogP contribution in [-0.4, -0.2) is 5.78 Å². The van der Waals surface area contributed by atoms with Gasteiger partial charge in [0.25, 0.3) is 0 Å². The molecule has 1 rings (SSSR count). The Hall–Kier alpha value is -1.33. The minimum absolute atomic E-state index is 0.155. The first-order chi connectivity index (χ1) is 6.69. The van der Waals surface area contributed by atoms with Gasteiger partial charge in [-0.25, -0.2) is 0 Å². The number of Topliss-reactive ketones (excluding diaryl/α,β-unsaturated/α-hetero) is 1. The van der Waals surface area contributed by atoms with Crippen LogP contribution in [0.5, 0.6) is 0 Å². The second-order valence-electron chi connectivity index (χ2n) is 2.96. The number of ketones is 1. The van der Waals surface area contributed by atoms with Crippen molar-refractivity contribution in [2.75, 3.05) is 0 Å². The molecule has 0 radical (unpaired) electrons. The molecule has 0 heterocycles. The highest BCUT2D eigenvalue weighted by atomic mass is 35.5. The largest absolute Gasteiger partial charge is 0.293 e. The van der Waals surface area contributed by atoms with Gasteiger partial charge in [0.1, 0.15) is 5.92 Å². The van der Waals surface area contributed by atoms with Gasteiger partial charge in [0.2, 0.25) is 0 Å². The molecule has 72 valence electrons. The highest BCUT2D eigenvalue weighted by Gasteiger charge is 2.17. The third-order valence-electron chi connectivity index (χ3n) is 1.99. The Kier molecular flexibility index (Phi) is 3.67. The number of hydrogen-bond acceptors (Lipinski definition) is 2. The van der Waals surface area contributed by atoms with Crippen LogP contribution < -0.4 is 0 Å². The van der Waals surface area contributed by atoms with Crippen molar-refractivity contribution in [2.45, 2.75) is 13.3 Å². The van der Waals surface area contributed by atoms with E-state index in [-0.39, 0.29) is 5.78 Å². The predicted octanol–water partition coefficient (Wildman–Crippen LogP) is 3.07. The van der Waals surface area contributed by atoms with Gasteiger partial charge in [-0.15, -0.1) is 0 Å². The van der Waals surface area contributed by atoms with Gasteiger partial charge in [-0.3, -0.25) is 4.79 Å². The average molecular weight is 208 g/mol. The number of hydrogen-bond donors (Lipinski definition) is 0. The summed E-state index contributed by atoms with van der Waals surface area (Å²) in [7, 11) is 0. The highest BCUT2D eigenvalue weighted by molar-refractivity contribution is 6.31. The van der Waals surface area contributed by atoms with E-state index >= 15 is 0 Å². The van der Waals surface area contributed by atoms with Crippen molar-refractivity contribution >= 4 is 17.4 Å². The number of benzene rings is 1. The van der Waals surface area contributed by atoms with Crippen molar-refractivity contribution in [3.8, 4) is 6.07 Å². The third-order valence-corrected chi connectivity index (χ3v) is 2.22. The van der Waals surface area contributed by atoms with Gasteiger partial charge in [0.15, 0.2) is 5.78 Å². The number of carbonyl (C=O) groups excluding carboxylic acids is 1. The molecule has 0 saturated heterocycles. The summed E-state index contributed by atoms with van der Waals surface area (Å²) >= 11 is 5.74. The molecule has 0 N–H and O–H groups in total. The van der Waals surface area contributed by atoms with Gasteiger partial charge in [0, 0.05) is 10.6 Å². The Morgan fingerprint density at radius 3 is 2.86 bits per heavy atom. The van der Waals surface area contributed by atoms with Crippen molar-refractivity contribution in [2.24, 2.45) is 5.92 Å². The summed E-state index contributed by atoms with van der Waals surface area (Å²) in [4.78, 5) is 11.7. The van der Waals surface area contributed by atoms with Crippen molar-refractivity contribution in [3.63, 3.8) is 0 Å². The van der Waals surface area contributed by atoms with Crippen LogP contribution >= 0.6 is 11.6 Å². The molecule has 0 fully saturated rings. The van der Waals surface area contributed by atoms with E-state index in [1.54, 1.807) is 24.3 Å². The molecule has 1 aromatic rings. The molecule has 14 heavy (non-hydrogen) atoms. The molecule has 0 saturated carbocycles. The molecule has 0 aliphatic rings. The Labute approximate surface area is 88.1 Å². The van der Waals surface area contributed by atoms with E-state index < -0.39 is 5.92 Å². The van der Waals surface area contributed by atoms with Crippen LogP contribution in [0, 0.1) is 17.2 Å². The first-order valence-electron chi connectivity index (χ1n) is 4.38. The lowest BCUT2D eigenvalue weighted by molar-refractivity contribution is 0.0946.